The Kier molecular flexibility index (Phi) is 4.40. The zero-order valence-corrected chi connectivity index (χ0v) is 11.5. The zero-order chi connectivity index (χ0) is 13.8. The number of aliphatic carboxylic acids is 1. The monoisotopic (exact) mass is 263 g/mol. The average molecular weight is 263 g/mol. The molecule has 4 nitrogen and oxygen atoms in total. The van der Waals surface area contributed by atoms with Crippen LogP contribution < -0.4 is 4.74 Å². The normalized spacial score (nSPS) is 23.3. The highest BCUT2D eigenvalue weighted by atomic mass is 16.5. The minimum atomic E-state index is -0.707. The molecule has 1 aliphatic carbocycles. The number of hydrogen-bond donors (Lipinski definition) is 1. The molecule has 1 saturated carbocycles. The quantitative estimate of drug-likeness (QED) is 0.906. The van der Waals surface area contributed by atoms with Crippen LogP contribution in [0.2, 0.25) is 0 Å². The first kappa shape index (κ1) is 13.8. The van der Waals surface area contributed by atoms with Gasteiger partial charge in [0.05, 0.1) is 18.2 Å². The van der Waals surface area contributed by atoms with Crippen molar-refractivity contribution in [2.45, 2.75) is 51.6 Å². The number of rotatable bonds is 4. The average Bonchev–Trinajstić information content (AvgIpc) is 2.39. The smallest absolute Gasteiger partial charge is 0.306 e. The van der Waals surface area contributed by atoms with Gasteiger partial charge in [-0.2, -0.15) is 0 Å². The van der Waals surface area contributed by atoms with E-state index in [0.29, 0.717) is 12.3 Å². The molecule has 0 aromatic carbocycles. The Labute approximate surface area is 113 Å². The van der Waals surface area contributed by atoms with Crippen LogP contribution in [0.3, 0.4) is 0 Å². The van der Waals surface area contributed by atoms with Crippen molar-refractivity contribution in [3.63, 3.8) is 0 Å². The molecule has 1 aromatic heterocycles. The Balaban J connectivity index is 1.95. The molecule has 0 aliphatic heterocycles. The third kappa shape index (κ3) is 3.69. The number of hydrogen-bond acceptors (Lipinski definition) is 3. The highest BCUT2D eigenvalue weighted by molar-refractivity contribution is 5.70. The molecule has 4 heteroatoms. The fraction of sp³-hybridized carbons (Fsp3) is 0.600. The molecule has 0 saturated heterocycles. The first-order valence-electron chi connectivity index (χ1n) is 6.91. The Bertz CT molecular complexity index is 428. The molecule has 0 unspecified atom stereocenters. The Morgan fingerprint density at radius 1 is 1.42 bits per heavy atom. The van der Waals surface area contributed by atoms with Crippen LogP contribution in [0.4, 0.5) is 0 Å². The molecule has 0 radical (unpaired) electrons. The molecule has 2 rings (SSSR count). The van der Waals surface area contributed by atoms with E-state index in [9.17, 15) is 4.79 Å². The van der Waals surface area contributed by atoms with Crippen molar-refractivity contribution in [3.8, 4) is 5.75 Å². The van der Waals surface area contributed by atoms with Gasteiger partial charge in [-0.1, -0.05) is 13.8 Å². The highest BCUT2D eigenvalue weighted by Crippen LogP contribution is 2.28. The number of aromatic nitrogens is 1. The van der Waals surface area contributed by atoms with Crippen molar-refractivity contribution >= 4 is 5.97 Å². The summed E-state index contributed by atoms with van der Waals surface area (Å²) in [4.78, 5) is 15.4. The lowest BCUT2D eigenvalue weighted by molar-refractivity contribution is -0.143. The van der Waals surface area contributed by atoms with Gasteiger partial charge in [-0.25, -0.2) is 0 Å². The second-order valence-corrected chi connectivity index (χ2v) is 5.52. The van der Waals surface area contributed by atoms with E-state index >= 15 is 0 Å². The van der Waals surface area contributed by atoms with E-state index in [2.05, 4.69) is 18.8 Å². The predicted octanol–water partition coefficient (Wildman–Crippen LogP) is 3.23. The highest BCUT2D eigenvalue weighted by Gasteiger charge is 2.28. The van der Waals surface area contributed by atoms with Gasteiger partial charge in [-0.3, -0.25) is 9.78 Å². The summed E-state index contributed by atoms with van der Waals surface area (Å²) in [6, 6.07) is 3.89. The molecule has 1 aromatic rings. The van der Waals surface area contributed by atoms with Gasteiger partial charge in [0.1, 0.15) is 5.75 Å². The van der Waals surface area contributed by atoms with Crippen molar-refractivity contribution in [1.29, 1.82) is 0 Å². The van der Waals surface area contributed by atoms with E-state index in [1.807, 2.05) is 12.1 Å². The van der Waals surface area contributed by atoms with Crippen molar-refractivity contribution in [2.24, 2.45) is 5.92 Å². The number of carboxylic acids is 1. The van der Waals surface area contributed by atoms with Crippen LogP contribution in [0.5, 0.6) is 5.75 Å². The van der Waals surface area contributed by atoms with E-state index in [4.69, 9.17) is 9.84 Å². The minimum absolute atomic E-state index is 0.00144. The molecule has 0 spiro atoms. The second kappa shape index (κ2) is 6.04. The first-order chi connectivity index (χ1) is 9.06. The molecule has 0 amide bonds. The lowest BCUT2D eigenvalue weighted by Gasteiger charge is -2.27. The molecule has 0 bridgehead atoms. The molecule has 2 atom stereocenters. The largest absolute Gasteiger partial charge is 0.489 e. The first-order valence-corrected chi connectivity index (χ1v) is 6.91. The van der Waals surface area contributed by atoms with Gasteiger partial charge >= 0.3 is 5.97 Å². The van der Waals surface area contributed by atoms with E-state index in [1.54, 1.807) is 6.20 Å². The maximum absolute atomic E-state index is 11.0. The zero-order valence-electron chi connectivity index (χ0n) is 11.5. The van der Waals surface area contributed by atoms with E-state index in [-0.39, 0.29) is 12.0 Å². The number of nitrogens with zero attached hydrogens (tertiary/aromatic N) is 1. The molecule has 19 heavy (non-hydrogen) atoms. The molecule has 104 valence electrons. The number of ether oxygens (including phenoxy) is 1. The Morgan fingerprint density at radius 3 is 2.79 bits per heavy atom. The van der Waals surface area contributed by atoms with Crippen LogP contribution in [0.15, 0.2) is 18.3 Å². The summed E-state index contributed by atoms with van der Waals surface area (Å²) in [5.41, 5.74) is 1.04. The van der Waals surface area contributed by atoms with Crippen molar-refractivity contribution < 1.29 is 14.6 Å². The molecule has 1 aliphatic rings. The van der Waals surface area contributed by atoms with Gasteiger partial charge in [-0.05, 0) is 43.7 Å². The maximum atomic E-state index is 11.0. The van der Waals surface area contributed by atoms with Gasteiger partial charge in [-0.15, -0.1) is 0 Å². The van der Waals surface area contributed by atoms with Crippen molar-refractivity contribution in [1.82, 2.24) is 4.98 Å². The summed E-state index contributed by atoms with van der Waals surface area (Å²) >= 11 is 0. The summed E-state index contributed by atoms with van der Waals surface area (Å²) in [5.74, 6) is 0.170. The van der Waals surface area contributed by atoms with Crippen molar-refractivity contribution in [2.75, 3.05) is 0 Å². The topological polar surface area (TPSA) is 59.4 Å². The Morgan fingerprint density at radius 2 is 2.21 bits per heavy atom. The third-order valence-corrected chi connectivity index (χ3v) is 3.63. The standard InChI is InChI=1S/C15H21NO3/c1-10(2)14-7-6-13(9-16-14)19-12-5-3-4-11(8-12)15(17)18/h6-7,9-12H,3-5,8H2,1-2H3,(H,17,18)/t11-,12-/m0/s1. The van der Waals surface area contributed by atoms with E-state index in [1.165, 1.54) is 0 Å². The van der Waals surface area contributed by atoms with Crippen LogP contribution in [-0.4, -0.2) is 22.2 Å². The molecular formula is C15H21NO3. The fourth-order valence-electron chi connectivity index (χ4n) is 2.47. The summed E-state index contributed by atoms with van der Waals surface area (Å²) in [6.07, 6.45) is 4.94. The maximum Gasteiger partial charge on any atom is 0.306 e. The number of pyridine rings is 1. The summed E-state index contributed by atoms with van der Waals surface area (Å²) < 4.78 is 5.84. The summed E-state index contributed by atoms with van der Waals surface area (Å²) in [7, 11) is 0. The van der Waals surface area contributed by atoms with Crippen LogP contribution >= 0.6 is 0 Å². The van der Waals surface area contributed by atoms with Crippen LogP contribution in [0.25, 0.3) is 0 Å². The molecule has 1 N–H and O–H groups in total. The predicted molar refractivity (Wildman–Crippen MR) is 72.3 cm³/mol. The number of carbonyl (C=O) groups is 1. The number of carboxylic acid groups (broad SMARTS) is 1. The van der Waals surface area contributed by atoms with E-state index < -0.39 is 5.97 Å². The molecule has 1 fully saturated rings. The third-order valence-electron chi connectivity index (χ3n) is 3.63. The van der Waals surface area contributed by atoms with Gasteiger partial charge < -0.3 is 9.84 Å². The fourth-order valence-corrected chi connectivity index (χ4v) is 2.47. The summed E-state index contributed by atoms with van der Waals surface area (Å²) in [6.45, 7) is 4.20. The second-order valence-electron chi connectivity index (χ2n) is 5.52. The van der Waals surface area contributed by atoms with E-state index in [0.717, 1.165) is 30.7 Å². The summed E-state index contributed by atoms with van der Waals surface area (Å²) in [5, 5.41) is 9.05. The van der Waals surface area contributed by atoms with Crippen LogP contribution in [-0.2, 0) is 4.79 Å². The van der Waals surface area contributed by atoms with Gasteiger partial charge in [0.15, 0.2) is 0 Å². The van der Waals surface area contributed by atoms with Gasteiger partial charge in [0, 0.05) is 5.69 Å². The Hall–Kier alpha value is -1.58. The minimum Gasteiger partial charge on any atom is -0.489 e. The molecule has 1 heterocycles. The van der Waals surface area contributed by atoms with Gasteiger partial charge in [0.2, 0.25) is 0 Å². The van der Waals surface area contributed by atoms with Gasteiger partial charge in [0.25, 0.3) is 0 Å². The van der Waals surface area contributed by atoms with Crippen LogP contribution in [0.1, 0.15) is 51.1 Å². The van der Waals surface area contributed by atoms with Crippen molar-refractivity contribution in [3.05, 3.63) is 24.0 Å². The SMILES string of the molecule is CC(C)c1ccc(O[C@H]2CCC[C@H](C(=O)O)C2)cn1. The lowest BCUT2D eigenvalue weighted by Crippen LogP contribution is -2.29. The van der Waals surface area contributed by atoms with Crippen LogP contribution in [0, 0.1) is 5.92 Å². The molecular weight excluding hydrogens is 242 g/mol. The lowest BCUT2D eigenvalue weighted by atomic mass is 9.87.